The van der Waals surface area contributed by atoms with E-state index in [0.717, 1.165) is 56.2 Å². The molecule has 1 aromatic carbocycles. The van der Waals surface area contributed by atoms with E-state index in [-0.39, 0.29) is 5.92 Å². The van der Waals surface area contributed by atoms with Crippen molar-refractivity contribution in [2.75, 3.05) is 20.2 Å². The minimum Gasteiger partial charge on any atom is -0.335 e. The third-order valence-electron chi connectivity index (χ3n) is 7.14. The average Bonchev–Trinajstić information content (AvgIpc) is 3.23. The molecule has 1 unspecified atom stereocenters. The van der Waals surface area contributed by atoms with Crippen molar-refractivity contribution < 1.29 is 9.22 Å². The van der Waals surface area contributed by atoms with E-state index in [1.165, 1.54) is 47.3 Å². The van der Waals surface area contributed by atoms with Gasteiger partial charge < -0.3 is 4.57 Å². The number of piperidine rings is 1. The largest absolute Gasteiger partial charge is 0.335 e. The number of rotatable bonds is 8. The number of halogens is 1. The quantitative estimate of drug-likeness (QED) is 0.148. The Labute approximate surface area is 216 Å². The summed E-state index contributed by atoms with van der Waals surface area (Å²) in [6.45, 7) is 4.90. The molecule has 1 fully saturated rings. The Kier molecular flexibility index (Phi) is 7.90. The van der Waals surface area contributed by atoms with Crippen LogP contribution in [0.1, 0.15) is 59.8 Å². The Bertz CT molecular complexity index is 1190. The summed E-state index contributed by atoms with van der Waals surface area (Å²) in [6.07, 6.45) is 12.4. The number of nitrogens with zero attached hydrogens (tertiary/aromatic N) is 4. The summed E-state index contributed by atoms with van der Waals surface area (Å²) >= 11 is 7.78. The third-order valence-corrected chi connectivity index (χ3v) is 8.14. The molecule has 3 aromatic rings. The van der Waals surface area contributed by atoms with Gasteiger partial charge in [-0.3, -0.25) is 4.98 Å². The van der Waals surface area contributed by atoms with Crippen LogP contribution in [0.4, 0.5) is 0 Å². The van der Waals surface area contributed by atoms with Gasteiger partial charge in [0, 0.05) is 49.2 Å². The Morgan fingerprint density at radius 2 is 2.00 bits per heavy atom. The molecular weight excluding hydrogens is 480 g/mol. The van der Waals surface area contributed by atoms with Crippen molar-refractivity contribution in [3.05, 3.63) is 82.2 Å². The van der Waals surface area contributed by atoms with E-state index >= 15 is 0 Å². The first kappa shape index (κ1) is 24.5. The fourth-order valence-corrected chi connectivity index (χ4v) is 6.11. The normalized spacial score (nSPS) is 18.6. The van der Waals surface area contributed by atoms with E-state index in [2.05, 4.69) is 57.3 Å². The molecular formula is C27H31ClN4O2S. The first-order chi connectivity index (χ1) is 17.1. The van der Waals surface area contributed by atoms with E-state index in [4.69, 9.17) is 25.8 Å². The Hall–Kier alpha value is -2.16. The summed E-state index contributed by atoms with van der Waals surface area (Å²) < 4.78 is 9.53. The van der Waals surface area contributed by atoms with Gasteiger partial charge in [-0.05, 0) is 79.0 Å². The molecule has 0 spiro atoms. The van der Waals surface area contributed by atoms with Gasteiger partial charge in [-0.1, -0.05) is 29.8 Å². The molecule has 184 valence electrons. The number of benzene rings is 1. The highest BCUT2D eigenvalue weighted by Gasteiger charge is 2.34. The van der Waals surface area contributed by atoms with Crippen LogP contribution in [0.15, 0.2) is 48.9 Å². The van der Waals surface area contributed by atoms with E-state index < -0.39 is 0 Å². The molecule has 3 heterocycles. The molecule has 8 heteroatoms. The fraction of sp³-hybridized carbons (Fsp3) is 0.407. The van der Waals surface area contributed by atoms with Crippen molar-refractivity contribution >= 4 is 35.5 Å². The summed E-state index contributed by atoms with van der Waals surface area (Å²) in [4.78, 5) is 14.1. The number of pyridine rings is 1. The van der Waals surface area contributed by atoms with Gasteiger partial charge in [0.15, 0.2) is 0 Å². The van der Waals surface area contributed by atoms with Crippen molar-refractivity contribution in [1.82, 2.24) is 18.8 Å². The standard InChI is InChI=1S/C27H31ClN4O2S/c1-19-29-12-16-31(19)13-4-5-21-17-22-18-23(28)7-8-24(22)26(27-25(21)6-3-11-30-27)20-9-14-32(15-10-20)35-34-33-2/h3,6-8,11-12,16-18,20,26H,4-5,9-10,13-15H2,1-2H3. The zero-order valence-corrected chi connectivity index (χ0v) is 21.8. The first-order valence-corrected chi connectivity index (χ1v) is 13.3. The topological polar surface area (TPSA) is 52.4 Å². The van der Waals surface area contributed by atoms with E-state index in [1.807, 2.05) is 18.5 Å². The van der Waals surface area contributed by atoms with Gasteiger partial charge in [0.05, 0.1) is 12.8 Å². The maximum Gasteiger partial charge on any atom is 0.121 e. The lowest BCUT2D eigenvalue weighted by molar-refractivity contribution is -0.163. The fourth-order valence-electron chi connectivity index (χ4n) is 5.42. The molecule has 1 aliphatic heterocycles. The van der Waals surface area contributed by atoms with Crippen LogP contribution >= 0.6 is 23.8 Å². The number of hydrogen-bond acceptors (Lipinski definition) is 6. The SMILES string of the molecule is COOSN1CCC(C2c3ccc(Cl)cc3C=C(CCCn3ccnc3C)c3cccnc32)CC1. The minimum atomic E-state index is 0.235. The van der Waals surface area contributed by atoms with E-state index in [9.17, 15) is 0 Å². The molecule has 0 bridgehead atoms. The van der Waals surface area contributed by atoms with Crippen LogP contribution in [0.5, 0.6) is 0 Å². The second-order valence-corrected chi connectivity index (χ2v) is 10.4. The van der Waals surface area contributed by atoms with Crippen LogP contribution in [-0.4, -0.2) is 39.0 Å². The monoisotopic (exact) mass is 510 g/mol. The molecule has 0 radical (unpaired) electrons. The molecule has 0 amide bonds. The lowest BCUT2D eigenvalue weighted by atomic mass is 9.76. The Morgan fingerprint density at radius 1 is 1.14 bits per heavy atom. The molecule has 6 nitrogen and oxygen atoms in total. The van der Waals surface area contributed by atoms with E-state index in [0.29, 0.717) is 5.92 Å². The molecule has 0 saturated carbocycles. The molecule has 1 saturated heterocycles. The van der Waals surface area contributed by atoms with Crippen LogP contribution in [0.3, 0.4) is 0 Å². The molecule has 35 heavy (non-hydrogen) atoms. The van der Waals surface area contributed by atoms with Crippen LogP contribution in [0.2, 0.25) is 5.02 Å². The first-order valence-electron chi connectivity index (χ1n) is 12.2. The number of imidazole rings is 1. The number of fused-ring (bicyclic) bond motifs is 2. The summed E-state index contributed by atoms with van der Waals surface area (Å²) in [5, 5.41) is 0.772. The van der Waals surface area contributed by atoms with Crippen LogP contribution < -0.4 is 0 Å². The highest BCUT2D eigenvalue weighted by Crippen LogP contribution is 2.45. The molecule has 0 N–H and O–H groups in total. The summed E-state index contributed by atoms with van der Waals surface area (Å²) in [5.41, 5.74) is 6.34. The Balaban J connectivity index is 1.45. The van der Waals surface area contributed by atoms with Crippen LogP contribution in [0.25, 0.3) is 11.6 Å². The van der Waals surface area contributed by atoms with Crippen LogP contribution in [0, 0.1) is 12.8 Å². The van der Waals surface area contributed by atoms with Gasteiger partial charge >= 0.3 is 0 Å². The van der Waals surface area contributed by atoms with Gasteiger partial charge in [-0.2, -0.15) is 0 Å². The molecule has 2 aromatic heterocycles. The number of aromatic nitrogens is 3. The van der Waals surface area contributed by atoms with E-state index in [1.54, 1.807) is 0 Å². The van der Waals surface area contributed by atoms with Crippen LogP contribution in [-0.2, 0) is 15.8 Å². The number of hydrogen-bond donors (Lipinski definition) is 0. The van der Waals surface area contributed by atoms with Gasteiger partial charge in [-0.25, -0.2) is 14.2 Å². The molecule has 2 aliphatic rings. The van der Waals surface area contributed by atoms with Gasteiger partial charge in [0.25, 0.3) is 0 Å². The van der Waals surface area contributed by atoms with Gasteiger partial charge in [0.2, 0.25) is 0 Å². The number of allylic oxidation sites excluding steroid dienone is 1. The van der Waals surface area contributed by atoms with Crippen molar-refractivity contribution in [3.63, 3.8) is 0 Å². The van der Waals surface area contributed by atoms with Crippen molar-refractivity contribution in [1.29, 1.82) is 0 Å². The molecule has 1 atom stereocenters. The smallest absolute Gasteiger partial charge is 0.121 e. The third kappa shape index (κ3) is 5.49. The zero-order chi connectivity index (χ0) is 24.2. The summed E-state index contributed by atoms with van der Waals surface area (Å²) in [5.74, 6) is 1.78. The summed E-state index contributed by atoms with van der Waals surface area (Å²) in [6, 6.07) is 10.7. The maximum atomic E-state index is 6.49. The highest BCUT2D eigenvalue weighted by molar-refractivity contribution is 7.92. The lowest BCUT2D eigenvalue weighted by Gasteiger charge is -2.35. The van der Waals surface area contributed by atoms with Crippen molar-refractivity contribution in [3.8, 4) is 0 Å². The maximum absolute atomic E-state index is 6.49. The number of aryl methyl sites for hydroxylation is 2. The van der Waals surface area contributed by atoms with Gasteiger partial charge in [-0.15, -0.1) is 4.33 Å². The second kappa shape index (κ2) is 11.3. The predicted octanol–water partition coefficient (Wildman–Crippen LogP) is 6.56. The second-order valence-electron chi connectivity index (χ2n) is 9.20. The average molecular weight is 511 g/mol. The Morgan fingerprint density at radius 3 is 2.77 bits per heavy atom. The summed E-state index contributed by atoms with van der Waals surface area (Å²) in [7, 11) is 1.54. The lowest BCUT2D eigenvalue weighted by Crippen LogP contribution is -2.32. The molecule has 5 rings (SSSR count). The van der Waals surface area contributed by atoms with Crippen molar-refractivity contribution in [2.24, 2.45) is 5.92 Å². The highest BCUT2D eigenvalue weighted by atomic mass is 35.5. The molecule has 1 aliphatic carbocycles. The zero-order valence-electron chi connectivity index (χ0n) is 20.2. The van der Waals surface area contributed by atoms with Crippen molar-refractivity contribution in [2.45, 2.75) is 45.1 Å². The van der Waals surface area contributed by atoms with Gasteiger partial charge in [0.1, 0.15) is 18.1 Å². The predicted molar refractivity (Wildman–Crippen MR) is 142 cm³/mol. The minimum absolute atomic E-state index is 0.235.